The molecule has 3 aliphatic heterocycles. The van der Waals surface area contributed by atoms with E-state index in [1.165, 1.54) is 0 Å². The van der Waals surface area contributed by atoms with Gasteiger partial charge in [0.2, 0.25) is 0 Å². The molecular formula is C19H21F6N3O. The highest BCUT2D eigenvalue weighted by Crippen LogP contribution is 2.38. The number of nitrogens with zero attached hydrogens (tertiary/aromatic N) is 1. The zero-order valence-corrected chi connectivity index (χ0v) is 15.4. The maximum Gasteiger partial charge on any atom is 0.416 e. The van der Waals surface area contributed by atoms with Crippen molar-refractivity contribution < 1.29 is 31.1 Å². The Morgan fingerprint density at radius 1 is 1.14 bits per heavy atom. The summed E-state index contributed by atoms with van der Waals surface area (Å²) in [7, 11) is 0. The van der Waals surface area contributed by atoms with Crippen molar-refractivity contribution in [2.45, 2.75) is 31.2 Å². The fraction of sp³-hybridized carbons (Fsp3) is 0.526. The van der Waals surface area contributed by atoms with Gasteiger partial charge in [0.1, 0.15) is 0 Å². The molecule has 3 heterocycles. The highest BCUT2D eigenvalue weighted by molar-refractivity contribution is 5.89. The van der Waals surface area contributed by atoms with Crippen molar-refractivity contribution in [1.82, 2.24) is 10.2 Å². The molecule has 1 unspecified atom stereocenters. The van der Waals surface area contributed by atoms with Crippen molar-refractivity contribution >= 4 is 11.7 Å². The van der Waals surface area contributed by atoms with E-state index in [-0.39, 0.29) is 18.7 Å². The highest BCUT2D eigenvalue weighted by atomic mass is 19.4. The van der Waals surface area contributed by atoms with Gasteiger partial charge in [0.25, 0.3) is 0 Å². The SMILES string of the molecule is C=C[C@H]1CN2CC[C@H]1C[C@@H]2CNC(=O)Nc1cc(C(F)(F)F)cc(C(F)(F)F)c1. The van der Waals surface area contributed by atoms with Crippen LogP contribution in [-0.2, 0) is 12.4 Å². The summed E-state index contributed by atoms with van der Waals surface area (Å²) in [6.07, 6.45) is -6.10. The molecule has 160 valence electrons. The minimum atomic E-state index is -4.97. The molecule has 0 aliphatic carbocycles. The summed E-state index contributed by atoms with van der Waals surface area (Å²) in [4.78, 5) is 14.3. The van der Waals surface area contributed by atoms with E-state index in [4.69, 9.17) is 0 Å². The van der Waals surface area contributed by atoms with Crippen LogP contribution in [0.5, 0.6) is 0 Å². The topological polar surface area (TPSA) is 44.4 Å². The van der Waals surface area contributed by atoms with Crippen LogP contribution in [0.25, 0.3) is 0 Å². The van der Waals surface area contributed by atoms with E-state index in [1.807, 2.05) is 6.08 Å². The van der Waals surface area contributed by atoms with E-state index < -0.39 is 35.2 Å². The predicted octanol–water partition coefficient (Wildman–Crippen LogP) is 4.74. The molecule has 3 saturated heterocycles. The average molecular weight is 421 g/mol. The van der Waals surface area contributed by atoms with Crippen molar-refractivity contribution in [3.63, 3.8) is 0 Å². The van der Waals surface area contributed by atoms with Gasteiger partial charge in [-0.1, -0.05) is 6.08 Å². The number of piperidine rings is 3. The summed E-state index contributed by atoms with van der Waals surface area (Å²) in [6.45, 7) is 5.82. The van der Waals surface area contributed by atoms with Gasteiger partial charge in [-0.3, -0.25) is 4.90 Å². The van der Waals surface area contributed by atoms with Crippen LogP contribution in [0.3, 0.4) is 0 Å². The summed E-state index contributed by atoms with van der Waals surface area (Å²) in [5.41, 5.74) is -3.52. The normalized spacial score (nSPS) is 26.8. The molecule has 1 aromatic rings. The fourth-order valence-corrected chi connectivity index (χ4v) is 4.07. The zero-order chi connectivity index (χ0) is 21.4. The summed E-state index contributed by atoms with van der Waals surface area (Å²) < 4.78 is 77.4. The lowest BCUT2D eigenvalue weighted by Gasteiger charge is -2.49. The zero-order valence-electron chi connectivity index (χ0n) is 15.4. The van der Waals surface area contributed by atoms with Gasteiger partial charge in [-0.15, -0.1) is 6.58 Å². The lowest BCUT2D eigenvalue weighted by Crippen LogP contribution is -2.56. The standard InChI is InChI=1S/C19H21F6N3O/c1-2-11-10-28-4-3-12(11)5-16(28)9-26-17(29)27-15-7-13(18(20,21)22)6-14(8-15)19(23,24)25/h2,6-8,11-12,16H,1,3-5,9-10H2,(H2,26,27,29)/t11-,12-,16+/m0/s1. The van der Waals surface area contributed by atoms with Crippen LogP contribution in [0.2, 0.25) is 0 Å². The third-order valence-electron chi connectivity index (χ3n) is 5.58. The molecule has 0 radical (unpaired) electrons. The number of alkyl halides is 6. The Labute approximate surface area is 163 Å². The quantitative estimate of drug-likeness (QED) is 0.545. The number of carbonyl (C=O) groups excluding carboxylic acids is 1. The molecule has 1 aromatic carbocycles. The molecule has 10 heteroatoms. The second-order valence-corrected chi connectivity index (χ2v) is 7.46. The number of urea groups is 1. The average Bonchev–Trinajstić information content (AvgIpc) is 2.65. The predicted molar refractivity (Wildman–Crippen MR) is 95.2 cm³/mol. The van der Waals surface area contributed by atoms with Crippen LogP contribution in [0, 0.1) is 11.8 Å². The Balaban J connectivity index is 1.64. The first-order chi connectivity index (χ1) is 13.5. The molecule has 0 spiro atoms. The van der Waals surface area contributed by atoms with Gasteiger partial charge in [-0.25, -0.2) is 4.79 Å². The third-order valence-corrected chi connectivity index (χ3v) is 5.58. The maximum absolute atomic E-state index is 12.9. The van der Waals surface area contributed by atoms with Crippen LogP contribution in [0.1, 0.15) is 24.0 Å². The Morgan fingerprint density at radius 3 is 2.24 bits per heavy atom. The fourth-order valence-electron chi connectivity index (χ4n) is 4.07. The summed E-state index contributed by atoms with van der Waals surface area (Å²) in [5, 5.41) is 4.64. The molecule has 2 N–H and O–H groups in total. The van der Waals surface area contributed by atoms with E-state index in [0.29, 0.717) is 24.0 Å². The van der Waals surface area contributed by atoms with Crippen LogP contribution < -0.4 is 10.6 Å². The van der Waals surface area contributed by atoms with E-state index >= 15 is 0 Å². The first-order valence-corrected chi connectivity index (χ1v) is 9.18. The molecule has 3 aliphatic rings. The van der Waals surface area contributed by atoms with Gasteiger partial charge in [-0.05, 0) is 49.4 Å². The van der Waals surface area contributed by atoms with Crippen molar-refractivity contribution in [1.29, 1.82) is 0 Å². The molecule has 0 saturated carbocycles. The minimum absolute atomic E-state index is 0.0190. The Hall–Kier alpha value is -2.23. The lowest BCUT2D eigenvalue weighted by atomic mass is 9.75. The second-order valence-electron chi connectivity index (χ2n) is 7.46. The molecule has 4 atom stereocenters. The molecule has 2 amide bonds. The molecule has 2 bridgehead atoms. The van der Waals surface area contributed by atoms with Gasteiger partial charge in [-0.2, -0.15) is 26.3 Å². The maximum atomic E-state index is 12.9. The molecule has 4 rings (SSSR count). The second kappa shape index (κ2) is 7.89. The molecular weight excluding hydrogens is 400 g/mol. The van der Waals surface area contributed by atoms with Crippen molar-refractivity contribution in [3.8, 4) is 0 Å². The number of nitrogens with one attached hydrogen (secondary N) is 2. The lowest BCUT2D eigenvalue weighted by molar-refractivity contribution is -0.143. The number of anilines is 1. The largest absolute Gasteiger partial charge is 0.416 e. The van der Waals surface area contributed by atoms with E-state index in [0.717, 1.165) is 25.9 Å². The number of fused-ring (bicyclic) bond motifs is 3. The number of hydrogen-bond acceptors (Lipinski definition) is 2. The van der Waals surface area contributed by atoms with Gasteiger partial charge in [0.05, 0.1) is 11.1 Å². The molecule has 0 aromatic heterocycles. The molecule has 3 fully saturated rings. The van der Waals surface area contributed by atoms with Crippen LogP contribution in [0.4, 0.5) is 36.8 Å². The summed E-state index contributed by atoms with van der Waals surface area (Å²) >= 11 is 0. The van der Waals surface area contributed by atoms with E-state index in [1.54, 1.807) is 0 Å². The van der Waals surface area contributed by atoms with Gasteiger partial charge in [0, 0.05) is 24.8 Å². The number of halogens is 6. The molecule has 29 heavy (non-hydrogen) atoms. The minimum Gasteiger partial charge on any atom is -0.336 e. The van der Waals surface area contributed by atoms with Gasteiger partial charge >= 0.3 is 18.4 Å². The first-order valence-electron chi connectivity index (χ1n) is 9.18. The summed E-state index contributed by atoms with van der Waals surface area (Å²) in [6, 6.07) is 0.222. The highest BCUT2D eigenvalue weighted by Gasteiger charge is 2.39. The number of amides is 2. The van der Waals surface area contributed by atoms with Crippen molar-refractivity contribution in [2.75, 3.05) is 25.0 Å². The Bertz CT molecular complexity index is 744. The van der Waals surface area contributed by atoms with Crippen molar-refractivity contribution in [3.05, 3.63) is 42.0 Å². The monoisotopic (exact) mass is 421 g/mol. The third kappa shape index (κ3) is 5.04. The van der Waals surface area contributed by atoms with Gasteiger partial charge in [0.15, 0.2) is 0 Å². The number of rotatable bonds is 4. The van der Waals surface area contributed by atoms with E-state index in [2.05, 4.69) is 22.1 Å². The van der Waals surface area contributed by atoms with Crippen LogP contribution >= 0.6 is 0 Å². The number of benzene rings is 1. The Kier molecular flexibility index (Phi) is 5.84. The smallest absolute Gasteiger partial charge is 0.336 e. The van der Waals surface area contributed by atoms with Gasteiger partial charge < -0.3 is 10.6 Å². The first kappa shape index (κ1) is 21.5. The van der Waals surface area contributed by atoms with Crippen molar-refractivity contribution in [2.24, 2.45) is 11.8 Å². The molecule has 4 nitrogen and oxygen atoms in total. The number of hydrogen-bond donors (Lipinski definition) is 2. The Morgan fingerprint density at radius 2 is 1.76 bits per heavy atom. The van der Waals surface area contributed by atoms with Crippen LogP contribution in [-0.4, -0.2) is 36.6 Å². The van der Waals surface area contributed by atoms with E-state index in [9.17, 15) is 31.1 Å². The van der Waals surface area contributed by atoms with Crippen LogP contribution in [0.15, 0.2) is 30.9 Å². The summed E-state index contributed by atoms with van der Waals surface area (Å²) in [5.74, 6) is 0.880. The number of carbonyl (C=O) groups is 1.